The zero-order chi connectivity index (χ0) is 21.6. The van der Waals surface area contributed by atoms with Crippen LogP contribution in [0, 0.1) is 0 Å². The van der Waals surface area contributed by atoms with Gasteiger partial charge in [-0.25, -0.2) is 4.98 Å². The predicted octanol–water partition coefficient (Wildman–Crippen LogP) is 5.48. The van der Waals surface area contributed by atoms with E-state index in [9.17, 15) is 9.90 Å². The van der Waals surface area contributed by atoms with Gasteiger partial charge in [-0.2, -0.15) is 0 Å². The van der Waals surface area contributed by atoms with Crippen molar-refractivity contribution < 1.29 is 14.6 Å². The van der Waals surface area contributed by atoms with Crippen molar-refractivity contribution in [2.75, 3.05) is 7.11 Å². The Morgan fingerprint density at radius 2 is 1.55 bits per heavy atom. The van der Waals surface area contributed by atoms with E-state index < -0.39 is 5.97 Å². The number of methoxy groups -OCH3 is 1. The van der Waals surface area contributed by atoms with E-state index in [2.05, 4.69) is 17.1 Å². The molecule has 0 aliphatic heterocycles. The van der Waals surface area contributed by atoms with Gasteiger partial charge in [-0.15, -0.1) is 0 Å². The van der Waals surface area contributed by atoms with E-state index in [4.69, 9.17) is 4.74 Å². The van der Waals surface area contributed by atoms with Crippen LogP contribution >= 0.6 is 0 Å². The minimum absolute atomic E-state index is 0.155. The van der Waals surface area contributed by atoms with Crippen LogP contribution in [0.1, 0.15) is 11.4 Å². The number of ether oxygens (including phenoxy) is 1. The first-order chi connectivity index (χ1) is 15.1. The first kappa shape index (κ1) is 20.2. The highest BCUT2D eigenvalue weighted by Crippen LogP contribution is 2.25. The van der Waals surface area contributed by atoms with Crippen LogP contribution in [-0.4, -0.2) is 27.7 Å². The molecule has 0 aliphatic carbocycles. The van der Waals surface area contributed by atoms with E-state index in [0.29, 0.717) is 5.82 Å². The van der Waals surface area contributed by atoms with E-state index >= 15 is 0 Å². The van der Waals surface area contributed by atoms with Crippen LogP contribution in [0.5, 0.6) is 5.75 Å². The van der Waals surface area contributed by atoms with Crippen LogP contribution in [0.25, 0.3) is 34.5 Å². The van der Waals surface area contributed by atoms with E-state index in [0.717, 1.165) is 33.7 Å². The van der Waals surface area contributed by atoms with E-state index in [1.54, 1.807) is 17.9 Å². The van der Waals surface area contributed by atoms with Crippen LogP contribution in [0.15, 0.2) is 85.1 Å². The molecule has 0 unspecified atom stereocenters. The standard InChI is InChI=1S/C26H22N2O3/c1-31-23-14-7-19(8-15-23)9-16-25-27-24(17-28(25)18-26(29)30)22-12-10-21(11-13-22)20-5-3-2-4-6-20/h2-17H,18H2,1H3,(H,29,30)/b16-9+. The molecule has 1 heterocycles. The summed E-state index contributed by atoms with van der Waals surface area (Å²) < 4.78 is 6.82. The molecule has 154 valence electrons. The maximum Gasteiger partial charge on any atom is 0.323 e. The lowest BCUT2D eigenvalue weighted by Gasteiger charge is -2.02. The Bertz CT molecular complexity index is 1190. The highest BCUT2D eigenvalue weighted by Gasteiger charge is 2.11. The lowest BCUT2D eigenvalue weighted by Crippen LogP contribution is -2.09. The summed E-state index contributed by atoms with van der Waals surface area (Å²) in [6.45, 7) is -0.155. The lowest BCUT2D eigenvalue weighted by atomic mass is 10.0. The highest BCUT2D eigenvalue weighted by atomic mass is 16.5. The molecular weight excluding hydrogens is 388 g/mol. The van der Waals surface area contributed by atoms with Gasteiger partial charge in [0.1, 0.15) is 18.1 Å². The molecule has 0 bridgehead atoms. The number of aliphatic carboxylic acids is 1. The van der Waals surface area contributed by atoms with Crippen molar-refractivity contribution in [2.45, 2.75) is 6.54 Å². The fourth-order valence-electron chi connectivity index (χ4n) is 3.32. The number of carboxylic acid groups (broad SMARTS) is 1. The number of imidazole rings is 1. The number of benzene rings is 3. The van der Waals surface area contributed by atoms with Crippen molar-refractivity contribution in [2.24, 2.45) is 0 Å². The van der Waals surface area contributed by atoms with Crippen LogP contribution < -0.4 is 4.74 Å². The van der Waals surface area contributed by atoms with Gasteiger partial charge >= 0.3 is 5.97 Å². The van der Waals surface area contributed by atoms with Crippen molar-refractivity contribution in [1.29, 1.82) is 0 Å². The molecule has 0 fully saturated rings. The van der Waals surface area contributed by atoms with Crippen molar-refractivity contribution in [1.82, 2.24) is 9.55 Å². The summed E-state index contributed by atoms with van der Waals surface area (Å²) >= 11 is 0. The Labute approximate surface area is 180 Å². The second-order valence-electron chi connectivity index (χ2n) is 7.06. The Morgan fingerprint density at radius 1 is 0.903 bits per heavy atom. The van der Waals surface area contributed by atoms with Gasteiger partial charge in [-0.05, 0) is 34.9 Å². The number of hydrogen-bond acceptors (Lipinski definition) is 3. The first-order valence-corrected chi connectivity index (χ1v) is 9.89. The molecule has 0 saturated heterocycles. The van der Waals surface area contributed by atoms with Crippen molar-refractivity contribution in [3.8, 4) is 28.1 Å². The summed E-state index contributed by atoms with van der Waals surface area (Å²) in [7, 11) is 1.63. The number of nitrogens with zero attached hydrogens (tertiary/aromatic N) is 2. The summed E-state index contributed by atoms with van der Waals surface area (Å²) in [5.41, 5.74) is 4.90. The number of carbonyl (C=O) groups is 1. The molecule has 3 aromatic carbocycles. The Kier molecular flexibility index (Phi) is 5.94. The minimum atomic E-state index is -0.914. The molecule has 0 saturated carbocycles. The third kappa shape index (κ3) is 4.90. The first-order valence-electron chi connectivity index (χ1n) is 9.89. The fourth-order valence-corrected chi connectivity index (χ4v) is 3.32. The maximum absolute atomic E-state index is 11.3. The zero-order valence-electron chi connectivity index (χ0n) is 17.1. The van der Waals surface area contributed by atoms with E-state index in [1.807, 2.05) is 78.9 Å². The molecule has 5 nitrogen and oxygen atoms in total. The van der Waals surface area contributed by atoms with Gasteiger partial charge in [0.25, 0.3) is 0 Å². The minimum Gasteiger partial charge on any atom is -0.497 e. The molecule has 0 aliphatic rings. The molecule has 4 rings (SSSR count). The zero-order valence-corrected chi connectivity index (χ0v) is 17.1. The van der Waals surface area contributed by atoms with Gasteiger partial charge in [-0.1, -0.05) is 72.8 Å². The van der Waals surface area contributed by atoms with E-state index in [-0.39, 0.29) is 6.54 Å². The summed E-state index contributed by atoms with van der Waals surface area (Å²) in [6, 6.07) is 25.9. The van der Waals surface area contributed by atoms with Crippen molar-refractivity contribution in [3.05, 3.63) is 96.4 Å². The molecule has 0 atom stereocenters. The van der Waals surface area contributed by atoms with Gasteiger partial charge in [0.05, 0.1) is 12.8 Å². The number of aromatic nitrogens is 2. The van der Waals surface area contributed by atoms with E-state index in [1.165, 1.54) is 0 Å². The average molecular weight is 410 g/mol. The molecule has 0 amide bonds. The monoisotopic (exact) mass is 410 g/mol. The normalized spacial score (nSPS) is 11.0. The Hall–Kier alpha value is -4.12. The Morgan fingerprint density at radius 3 is 2.19 bits per heavy atom. The molecule has 31 heavy (non-hydrogen) atoms. The second-order valence-corrected chi connectivity index (χ2v) is 7.06. The van der Waals surface area contributed by atoms with Crippen LogP contribution in [0.4, 0.5) is 0 Å². The molecule has 0 spiro atoms. The maximum atomic E-state index is 11.3. The molecule has 4 aromatic rings. The summed E-state index contributed by atoms with van der Waals surface area (Å²) in [5.74, 6) is 0.452. The lowest BCUT2D eigenvalue weighted by molar-refractivity contribution is -0.137. The fraction of sp³-hybridized carbons (Fsp3) is 0.0769. The predicted molar refractivity (Wildman–Crippen MR) is 123 cm³/mol. The van der Waals surface area contributed by atoms with Gasteiger partial charge < -0.3 is 14.4 Å². The average Bonchev–Trinajstić information content (AvgIpc) is 3.20. The summed E-state index contributed by atoms with van der Waals surface area (Å²) in [5, 5.41) is 9.29. The third-order valence-electron chi connectivity index (χ3n) is 4.94. The molecule has 1 aromatic heterocycles. The van der Waals surface area contributed by atoms with Gasteiger partial charge in [0, 0.05) is 11.8 Å². The molecule has 1 N–H and O–H groups in total. The SMILES string of the molecule is COc1ccc(/C=C/c2nc(-c3ccc(-c4ccccc4)cc3)cn2CC(=O)O)cc1. The van der Waals surface area contributed by atoms with Crippen LogP contribution in [0.2, 0.25) is 0 Å². The number of carboxylic acids is 1. The van der Waals surface area contributed by atoms with Crippen molar-refractivity contribution >= 4 is 18.1 Å². The van der Waals surface area contributed by atoms with Gasteiger partial charge in [0.2, 0.25) is 0 Å². The van der Waals surface area contributed by atoms with Crippen LogP contribution in [-0.2, 0) is 11.3 Å². The highest BCUT2D eigenvalue weighted by molar-refractivity contribution is 5.73. The summed E-state index contributed by atoms with van der Waals surface area (Å²) in [6.07, 6.45) is 5.51. The van der Waals surface area contributed by atoms with Crippen molar-refractivity contribution in [3.63, 3.8) is 0 Å². The third-order valence-corrected chi connectivity index (χ3v) is 4.94. The molecular formula is C26H22N2O3. The molecule has 5 heteroatoms. The quantitative estimate of drug-likeness (QED) is 0.438. The second kappa shape index (κ2) is 9.13. The van der Waals surface area contributed by atoms with Gasteiger partial charge in [0.15, 0.2) is 0 Å². The number of rotatable bonds is 7. The summed E-state index contributed by atoms with van der Waals surface area (Å²) in [4.78, 5) is 16.0. The smallest absolute Gasteiger partial charge is 0.323 e. The largest absolute Gasteiger partial charge is 0.497 e. The topological polar surface area (TPSA) is 64.4 Å². The Balaban J connectivity index is 1.62. The number of hydrogen-bond donors (Lipinski definition) is 1. The molecule has 0 radical (unpaired) electrons. The van der Waals surface area contributed by atoms with Gasteiger partial charge in [-0.3, -0.25) is 4.79 Å². The van der Waals surface area contributed by atoms with Crippen LogP contribution in [0.3, 0.4) is 0 Å².